The normalized spacial score (nSPS) is 12.5. The van der Waals surface area contributed by atoms with Crippen LogP contribution in [0.4, 0.5) is 0 Å². The van der Waals surface area contributed by atoms with E-state index in [0.717, 1.165) is 11.1 Å². The first-order valence-corrected chi connectivity index (χ1v) is 9.13. The topological polar surface area (TPSA) is 51.5 Å². The third-order valence-electron chi connectivity index (χ3n) is 4.14. The predicted molar refractivity (Wildman–Crippen MR) is 109 cm³/mol. The number of para-hydroxylation sites is 1. The van der Waals surface area contributed by atoms with E-state index in [1.54, 1.807) is 36.4 Å². The zero-order valence-corrected chi connectivity index (χ0v) is 16.0. The highest BCUT2D eigenvalue weighted by Gasteiger charge is 2.15. The Kier molecular flexibility index (Phi) is 5.12. The molecule has 1 heterocycles. The third-order valence-corrected chi connectivity index (χ3v) is 4.67. The molecular formula is C22H13Cl2NO3. The number of ether oxygens (including phenoxy) is 3. The molecular weight excluding hydrogens is 397 g/mol. The van der Waals surface area contributed by atoms with Gasteiger partial charge in [0.25, 0.3) is 0 Å². The highest BCUT2D eigenvalue weighted by molar-refractivity contribution is 6.35. The molecule has 6 heteroatoms. The average molecular weight is 410 g/mol. The monoisotopic (exact) mass is 409 g/mol. The minimum absolute atomic E-state index is 0.183. The second kappa shape index (κ2) is 7.85. The molecule has 28 heavy (non-hydrogen) atoms. The third kappa shape index (κ3) is 3.77. The van der Waals surface area contributed by atoms with Gasteiger partial charge in [-0.25, -0.2) is 0 Å². The molecule has 4 nitrogen and oxygen atoms in total. The molecule has 4 rings (SSSR count). The van der Waals surface area contributed by atoms with Gasteiger partial charge in [-0.2, -0.15) is 5.26 Å². The van der Waals surface area contributed by atoms with Gasteiger partial charge in [-0.1, -0.05) is 41.4 Å². The van der Waals surface area contributed by atoms with Gasteiger partial charge in [-0.15, -0.1) is 0 Å². The molecule has 138 valence electrons. The van der Waals surface area contributed by atoms with Crippen LogP contribution < -0.4 is 14.2 Å². The van der Waals surface area contributed by atoms with Gasteiger partial charge in [0.05, 0.1) is 16.7 Å². The number of benzene rings is 3. The van der Waals surface area contributed by atoms with Gasteiger partial charge in [0, 0.05) is 10.6 Å². The van der Waals surface area contributed by atoms with Crippen LogP contribution in [0.2, 0.25) is 10.0 Å². The standard InChI is InChI=1S/C22H13Cl2NO3/c23-17-6-8-20(18(24)11-17)28-19-4-2-1-3-15(19)9-16(12-25)14-5-7-21-22(10-14)27-13-26-21/h1-11H,13H2/b16-9+. The number of fused-ring (bicyclic) bond motifs is 1. The number of rotatable bonds is 4. The van der Waals surface area contributed by atoms with E-state index in [2.05, 4.69) is 6.07 Å². The SMILES string of the molecule is N#C/C(=C\c1ccccc1Oc1ccc(Cl)cc1Cl)c1ccc2c(c1)OCO2. The van der Waals surface area contributed by atoms with Crippen LogP contribution in [-0.4, -0.2) is 6.79 Å². The van der Waals surface area contributed by atoms with Crippen LogP contribution in [0.15, 0.2) is 60.7 Å². The van der Waals surface area contributed by atoms with Crippen LogP contribution in [0.1, 0.15) is 11.1 Å². The summed E-state index contributed by atoms with van der Waals surface area (Å²) in [5.74, 6) is 2.34. The van der Waals surface area contributed by atoms with Gasteiger partial charge in [0.2, 0.25) is 6.79 Å². The smallest absolute Gasteiger partial charge is 0.231 e. The van der Waals surface area contributed by atoms with E-state index in [4.69, 9.17) is 37.4 Å². The Bertz CT molecular complexity index is 1120. The molecule has 1 aliphatic rings. The van der Waals surface area contributed by atoms with Crippen molar-refractivity contribution in [2.45, 2.75) is 0 Å². The van der Waals surface area contributed by atoms with Crippen LogP contribution in [-0.2, 0) is 0 Å². The molecule has 0 atom stereocenters. The van der Waals surface area contributed by atoms with Crippen molar-refractivity contribution in [3.63, 3.8) is 0 Å². The average Bonchev–Trinajstić information content (AvgIpc) is 3.17. The second-order valence-corrected chi connectivity index (χ2v) is 6.80. The van der Waals surface area contributed by atoms with E-state index in [1.807, 2.05) is 30.3 Å². The summed E-state index contributed by atoms with van der Waals surface area (Å²) in [6.07, 6.45) is 1.76. The lowest BCUT2D eigenvalue weighted by molar-refractivity contribution is 0.174. The van der Waals surface area contributed by atoms with Crippen molar-refractivity contribution < 1.29 is 14.2 Å². The molecule has 0 spiro atoms. The molecule has 0 amide bonds. The van der Waals surface area contributed by atoms with Crippen LogP contribution in [0, 0.1) is 11.3 Å². The largest absolute Gasteiger partial charge is 0.455 e. The number of nitrogens with zero attached hydrogens (tertiary/aromatic N) is 1. The van der Waals surface area contributed by atoms with E-state index in [1.165, 1.54) is 0 Å². The Morgan fingerprint density at radius 3 is 2.61 bits per heavy atom. The van der Waals surface area contributed by atoms with E-state index >= 15 is 0 Å². The lowest BCUT2D eigenvalue weighted by Gasteiger charge is -2.11. The summed E-state index contributed by atoms with van der Waals surface area (Å²) < 4.78 is 16.7. The molecule has 0 saturated heterocycles. The Labute approximate surface area is 172 Å². The van der Waals surface area contributed by atoms with Gasteiger partial charge in [0.15, 0.2) is 11.5 Å². The van der Waals surface area contributed by atoms with Crippen molar-refractivity contribution in [1.29, 1.82) is 5.26 Å². The maximum absolute atomic E-state index is 9.68. The minimum atomic E-state index is 0.183. The molecule has 0 aromatic heterocycles. The number of halogens is 2. The van der Waals surface area contributed by atoms with Crippen molar-refractivity contribution in [1.82, 2.24) is 0 Å². The number of hydrogen-bond donors (Lipinski definition) is 0. The number of nitriles is 1. The Morgan fingerprint density at radius 2 is 1.79 bits per heavy atom. The lowest BCUT2D eigenvalue weighted by atomic mass is 10.0. The molecule has 0 N–H and O–H groups in total. The summed E-state index contributed by atoms with van der Waals surface area (Å²) in [7, 11) is 0. The summed E-state index contributed by atoms with van der Waals surface area (Å²) >= 11 is 12.2. The Hall–Kier alpha value is -3.13. The van der Waals surface area contributed by atoms with Gasteiger partial charge in [-0.3, -0.25) is 0 Å². The summed E-state index contributed by atoms with van der Waals surface area (Å²) in [5.41, 5.74) is 1.94. The number of allylic oxidation sites excluding steroid dienone is 1. The summed E-state index contributed by atoms with van der Waals surface area (Å²) in [6, 6.07) is 20.1. The van der Waals surface area contributed by atoms with Crippen LogP contribution in [0.25, 0.3) is 11.6 Å². The zero-order chi connectivity index (χ0) is 19.5. The van der Waals surface area contributed by atoms with Crippen LogP contribution in [0.3, 0.4) is 0 Å². The maximum atomic E-state index is 9.68. The molecule has 3 aromatic rings. The van der Waals surface area contributed by atoms with Gasteiger partial charge >= 0.3 is 0 Å². The summed E-state index contributed by atoms with van der Waals surface area (Å²) in [6.45, 7) is 0.183. The molecule has 0 bridgehead atoms. The molecule has 3 aromatic carbocycles. The van der Waals surface area contributed by atoms with Crippen molar-refractivity contribution in [2.24, 2.45) is 0 Å². The van der Waals surface area contributed by atoms with Crippen LogP contribution in [0.5, 0.6) is 23.0 Å². The molecule has 0 radical (unpaired) electrons. The zero-order valence-electron chi connectivity index (χ0n) is 14.5. The summed E-state index contributed by atoms with van der Waals surface area (Å²) in [5, 5.41) is 10.6. The maximum Gasteiger partial charge on any atom is 0.231 e. The fourth-order valence-corrected chi connectivity index (χ4v) is 3.22. The van der Waals surface area contributed by atoms with E-state index in [-0.39, 0.29) is 6.79 Å². The van der Waals surface area contributed by atoms with Crippen molar-refractivity contribution in [3.8, 4) is 29.1 Å². The second-order valence-electron chi connectivity index (χ2n) is 5.95. The van der Waals surface area contributed by atoms with Crippen molar-refractivity contribution in [3.05, 3.63) is 81.8 Å². The molecule has 0 saturated carbocycles. The van der Waals surface area contributed by atoms with Gasteiger partial charge in [-0.05, 0) is 54.1 Å². The van der Waals surface area contributed by atoms with E-state index in [0.29, 0.717) is 38.6 Å². The lowest BCUT2D eigenvalue weighted by Crippen LogP contribution is -1.92. The molecule has 1 aliphatic heterocycles. The first kappa shape index (κ1) is 18.2. The Balaban J connectivity index is 1.70. The fourth-order valence-electron chi connectivity index (χ4n) is 2.77. The first-order valence-electron chi connectivity index (χ1n) is 8.38. The highest BCUT2D eigenvalue weighted by Crippen LogP contribution is 2.37. The fraction of sp³-hybridized carbons (Fsp3) is 0.0455. The Morgan fingerprint density at radius 1 is 0.964 bits per heavy atom. The summed E-state index contributed by atoms with van der Waals surface area (Å²) in [4.78, 5) is 0. The number of hydrogen-bond acceptors (Lipinski definition) is 4. The predicted octanol–water partition coefficient (Wildman–Crippen LogP) is 6.58. The highest BCUT2D eigenvalue weighted by atomic mass is 35.5. The van der Waals surface area contributed by atoms with E-state index in [9.17, 15) is 5.26 Å². The van der Waals surface area contributed by atoms with Gasteiger partial charge < -0.3 is 14.2 Å². The molecule has 0 fully saturated rings. The van der Waals surface area contributed by atoms with E-state index < -0.39 is 0 Å². The minimum Gasteiger partial charge on any atom is -0.455 e. The quantitative estimate of drug-likeness (QED) is 0.360. The molecule has 0 unspecified atom stereocenters. The molecule has 0 aliphatic carbocycles. The van der Waals surface area contributed by atoms with Crippen molar-refractivity contribution >= 4 is 34.9 Å². The van der Waals surface area contributed by atoms with Crippen LogP contribution >= 0.6 is 23.2 Å². The first-order chi connectivity index (χ1) is 13.6. The van der Waals surface area contributed by atoms with Crippen molar-refractivity contribution in [2.75, 3.05) is 6.79 Å². The van der Waals surface area contributed by atoms with Gasteiger partial charge in [0.1, 0.15) is 11.5 Å².